The molecule has 0 saturated heterocycles. The number of carbonyl (C=O) groups excluding carboxylic acids is 1. The van der Waals surface area contributed by atoms with Crippen molar-refractivity contribution in [1.82, 2.24) is 0 Å². The average Bonchev–Trinajstić information content (AvgIpc) is 2.38. The summed E-state index contributed by atoms with van der Waals surface area (Å²) in [5.74, 6) is -1.05. The topological polar surface area (TPSA) is 78.9 Å². The number of nitrogens with zero attached hydrogens (tertiary/aromatic N) is 1. The zero-order valence-corrected chi connectivity index (χ0v) is 9.85. The van der Waals surface area contributed by atoms with E-state index in [1.165, 1.54) is 12.1 Å². The van der Waals surface area contributed by atoms with E-state index in [1.54, 1.807) is 24.3 Å². The molecule has 2 aromatic carbocycles. The van der Waals surface area contributed by atoms with Gasteiger partial charge >= 0.3 is 0 Å². The molecule has 0 aromatic heterocycles. The molecule has 5 heteroatoms. The van der Waals surface area contributed by atoms with E-state index in [-0.39, 0.29) is 5.56 Å². The number of hydrogen-bond acceptors (Lipinski definition) is 3. The average molecular weight is 255 g/mol. The van der Waals surface area contributed by atoms with Gasteiger partial charge in [-0.2, -0.15) is 5.26 Å². The van der Waals surface area contributed by atoms with Crippen LogP contribution in [0.3, 0.4) is 0 Å². The summed E-state index contributed by atoms with van der Waals surface area (Å²) in [7, 11) is 0. The number of primary amides is 1. The lowest BCUT2D eigenvalue weighted by Crippen LogP contribution is -2.10. The fourth-order valence-electron chi connectivity index (χ4n) is 1.64. The lowest BCUT2D eigenvalue weighted by atomic mass is 10.1. The molecule has 2 rings (SSSR count). The largest absolute Gasteiger partial charge is 0.366 e. The minimum atomic E-state index is -0.541. The van der Waals surface area contributed by atoms with E-state index in [1.807, 2.05) is 6.07 Å². The Morgan fingerprint density at radius 3 is 2.68 bits per heavy atom. The van der Waals surface area contributed by atoms with E-state index in [2.05, 4.69) is 5.32 Å². The summed E-state index contributed by atoms with van der Waals surface area (Å²) >= 11 is 0. The van der Waals surface area contributed by atoms with Crippen molar-refractivity contribution in [3.8, 4) is 6.07 Å². The van der Waals surface area contributed by atoms with Crippen LogP contribution in [0.5, 0.6) is 0 Å². The highest BCUT2D eigenvalue weighted by atomic mass is 19.1. The molecule has 1 amide bonds. The molecule has 0 bridgehead atoms. The summed E-state index contributed by atoms with van der Waals surface area (Å²) in [6.45, 7) is 0. The summed E-state index contributed by atoms with van der Waals surface area (Å²) in [5, 5.41) is 11.7. The van der Waals surface area contributed by atoms with Gasteiger partial charge in [0.05, 0.1) is 11.6 Å². The number of nitrogens with one attached hydrogen (secondary N) is 1. The third kappa shape index (κ3) is 3.07. The quantitative estimate of drug-likeness (QED) is 0.884. The first-order valence-corrected chi connectivity index (χ1v) is 5.46. The Kier molecular flexibility index (Phi) is 3.44. The maximum absolute atomic E-state index is 13.3. The van der Waals surface area contributed by atoms with Gasteiger partial charge in [0.1, 0.15) is 5.82 Å². The standard InChI is InChI=1S/C14H10FN3O/c15-11-4-9(8-16)5-13(7-11)18-12-3-1-2-10(6-12)14(17)19/h1-7,18H,(H2,17,19). The van der Waals surface area contributed by atoms with Gasteiger partial charge in [-0.05, 0) is 36.4 Å². The SMILES string of the molecule is N#Cc1cc(F)cc(Nc2cccc(C(N)=O)c2)c1. The Morgan fingerprint density at radius 2 is 2.00 bits per heavy atom. The van der Waals surface area contributed by atoms with Crippen molar-refractivity contribution in [1.29, 1.82) is 5.26 Å². The molecule has 0 aliphatic rings. The second kappa shape index (κ2) is 5.19. The van der Waals surface area contributed by atoms with E-state index < -0.39 is 11.7 Å². The molecule has 4 nitrogen and oxygen atoms in total. The summed E-state index contributed by atoms with van der Waals surface area (Å²) in [6.07, 6.45) is 0. The van der Waals surface area contributed by atoms with Crippen molar-refractivity contribution in [3.05, 3.63) is 59.4 Å². The van der Waals surface area contributed by atoms with Gasteiger partial charge in [0.2, 0.25) is 5.91 Å². The smallest absolute Gasteiger partial charge is 0.248 e. The molecular weight excluding hydrogens is 245 g/mol. The lowest BCUT2D eigenvalue weighted by molar-refractivity contribution is 0.100. The highest BCUT2D eigenvalue weighted by molar-refractivity contribution is 5.93. The minimum absolute atomic E-state index is 0.216. The molecule has 0 aliphatic heterocycles. The number of nitriles is 1. The van der Waals surface area contributed by atoms with E-state index in [0.29, 0.717) is 16.9 Å². The number of benzene rings is 2. The maximum Gasteiger partial charge on any atom is 0.248 e. The summed E-state index contributed by atoms with van der Waals surface area (Å²) < 4.78 is 13.3. The summed E-state index contributed by atoms with van der Waals surface area (Å²) in [5.41, 5.74) is 6.76. The molecule has 19 heavy (non-hydrogen) atoms. The number of amides is 1. The van der Waals surface area contributed by atoms with E-state index in [9.17, 15) is 9.18 Å². The highest BCUT2D eigenvalue weighted by Gasteiger charge is 2.04. The van der Waals surface area contributed by atoms with Crippen LogP contribution in [-0.4, -0.2) is 5.91 Å². The Bertz CT molecular complexity index is 677. The summed E-state index contributed by atoms with van der Waals surface area (Å²) in [6, 6.07) is 12.3. The van der Waals surface area contributed by atoms with Crippen LogP contribution < -0.4 is 11.1 Å². The highest BCUT2D eigenvalue weighted by Crippen LogP contribution is 2.20. The molecule has 0 atom stereocenters. The number of halogens is 1. The third-order valence-corrected chi connectivity index (χ3v) is 2.46. The van der Waals surface area contributed by atoms with Gasteiger partial charge in [-0.15, -0.1) is 0 Å². The van der Waals surface area contributed by atoms with Crippen LogP contribution in [0.4, 0.5) is 15.8 Å². The second-order valence-corrected chi connectivity index (χ2v) is 3.91. The van der Waals surface area contributed by atoms with Gasteiger partial charge in [0, 0.05) is 16.9 Å². The molecule has 0 fully saturated rings. The normalized spacial score (nSPS) is 9.68. The van der Waals surface area contributed by atoms with Crippen molar-refractivity contribution in [2.45, 2.75) is 0 Å². The predicted molar refractivity (Wildman–Crippen MR) is 69.4 cm³/mol. The Morgan fingerprint density at radius 1 is 1.21 bits per heavy atom. The summed E-state index contributed by atoms with van der Waals surface area (Å²) in [4.78, 5) is 11.1. The number of hydrogen-bond donors (Lipinski definition) is 2. The fourth-order valence-corrected chi connectivity index (χ4v) is 1.64. The van der Waals surface area contributed by atoms with Crippen molar-refractivity contribution in [2.75, 3.05) is 5.32 Å². The van der Waals surface area contributed by atoms with E-state index in [4.69, 9.17) is 11.0 Å². The fraction of sp³-hybridized carbons (Fsp3) is 0. The first-order chi connectivity index (χ1) is 9.08. The second-order valence-electron chi connectivity index (χ2n) is 3.91. The maximum atomic E-state index is 13.3. The van der Waals surface area contributed by atoms with Gasteiger partial charge in [-0.25, -0.2) is 4.39 Å². The lowest BCUT2D eigenvalue weighted by Gasteiger charge is -2.08. The molecule has 2 aromatic rings. The van der Waals surface area contributed by atoms with Crippen molar-refractivity contribution in [2.24, 2.45) is 5.73 Å². The van der Waals surface area contributed by atoms with Gasteiger partial charge in [0.25, 0.3) is 0 Å². The zero-order valence-electron chi connectivity index (χ0n) is 9.85. The van der Waals surface area contributed by atoms with Crippen LogP contribution >= 0.6 is 0 Å². The van der Waals surface area contributed by atoms with Crippen molar-refractivity contribution < 1.29 is 9.18 Å². The third-order valence-electron chi connectivity index (χ3n) is 2.46. The molecule has 0 radical (unpaired) electrons. The van der Waals surface area contributed by atoms with Crippen molar-refractivity contribution >= 4 is 17.3 Å². The molecule has 0 saturated carbocycles. The zero-order chi connectivity index (χ0) is 13.8. The first kappa shape index (κ1) is 12.6. The first-order valence-electron chi connectivity index (χ1n) is 5.46. The molecule has 0 unspecified atom stereocenters. The van der Waals surface area contributed by atoms with Gasteiger partial charge in [-0.3, -0.25) is 4.79 Å². The monoisotopic (exact) mass is 255 g/mol. The van der Waals surface area contributed by atoms with Crippen LogP contribution in [0, 0.1) is 17.1 Å². The number of rotatable bonds is 3. The minimum Gasteiger partial charge on any atom is -0.366 e. The van der Waals surface area contributed by atoms with Crippen LogP contribution in [0.15, 0.2) is 42.5 Å². The Hall–Kier alpha value is -2.87. The van der Waals surface area contributed by atoms with Crippen LogP contribution in [0.1, 0.15) is 15.9 Å². The van der Waals surface area contributed by atoms with E-state index in [0.717, 1.165) is 6.07 Å². The van der Waals surface area contributed by atoms with Gasteiger partial charge in [-0.1, -0.05) is 6.07 Å². The number of carbonyl (C=O) groups is 1. The molecule has 0 aliphatic carbocycles. The van der Waals surface area contributed by atoms with E-state index >= 15 is 0 Å². The number of anilines is 2. The van der Waals surface area contributed by atoms with Crippen molar-refractivity contribution in [3.63, 3.8) is 0 Å². The van der Waals surface area contributed by atoms with Gasteiger partial charge in [0.15, 0.2) is 0 Å². The van der Waals surface area contributed by atoms with Gasteiger partial charge < -0.3 is 11.1 Å². The molecule has 0 heterocycles. The van der Waals surface area contributed by atoms with Crippen LogP contribution in [0.2, 0.25) is 0 Å². The predicted octanol–water partition coefficient (Wildman–Crippen LogP) is 2.54. The molecule has 3 N–H and O–H groups in total. The number of nitrogens with two attached hydrogens (primary N) is 1. The molecule has 0 spiro atoms. The van der Waals surface area contributed by atoms with Crippen LogP contribution in [-0.2, 0) is 0 Å². The Balaban J connectivity index is 2.31. The Labute approximate surface area is 109 Å². The van der Waals surface area contributed by atoms with Crippen LogP contribution in [0.25, 0.3) is 0 Å². The molecular formula is C14H10FN3O. The molecule has 94 valence electrons.